The Morgan fingerprint density at radius 1 is 0.839 bits per heavy atom. The Balaban J connectivity index is 1.73. The van der Waals surface area contributed by atoms with E-state index in [1.807, 2.05) is 32.9 Å². The van der Waals surface area contributed by atoms with Gasteiger partial charge in [-0.25, -0.2) is 4.68 Å². The van der Waals surface area contributed by atoms with Crippen LogP contribution in [0.4, 0.5) is 0 Å². The number of aromatic nitrogens is 5. The van der Waals surface area contributed by atoms with Crippen LogP contribution in [-0.2, 0) is 0 Å². The lowest BCUT2D eigenvalue weighted by atomic mass is 10.1. The summed E-state index contributed by atoms with van der Waals surface area (Å²) in [5, 5.41) is 12.7. The number of hydrogen-bond acceptors (Lipinski definition) is 8. The topological polar surface area (TPSA) is 97.3 Å². The highest BCUT2D eigenvalue weighted by atomic mass is 16.5. The first-order valence-corrected chi connectivity index (χ1v) is 9.60. The second kappa shape index (κ2) is 8.10. The molecule has 160 valence electrons. The third-order valence-electron chi connectivity index (χ3n) is 4.90. The molecule has 0 fully saturated rings. The molecule has 2 aromatic heterocycles. The van der Waals surface area contributed by atoms with E-state index in [-0.39, 0.29) is 5.89 Å². The van der Waals surface area contributed by atoms with Crippen LogP contribution in [-0.4, -0.2) is 46.5 Å². The van der Waals surface area contributed by atoms with Crippen LogP contribution in [0.15, 0.2) is 34.9 Å². The highest BCUT2D eigenvalue weighted by molar-refractivity contribution is 5.67. The van der Waals surface area contributed by atoms with Crippen LogP contribution >= 0.6 is 0 Å². The molecule has 0 aliphatic rings. The summed E-state index contributed by atoms with van der Waals surface area (Å²) in [6, 6.07) is 9.73. The van der Waals surface area contributed by atoms with E-state index in [0.717, 1.165) is 22.5 Å². The maximum Gasteiger partial charge on any atom is 0.280 e. The smallest absolute Gasteiger partial charge is 0.280 e. The van der Waals surface area contributed by atoms with Crippen LogP contribution < -0.4 is 14.2 Å². The van der Waals surface area contributed by atoms with Crippen LogP contribution in [0.5, 0.6) is 17.2 Å². The molecule has 31 heavy (non-hydrogen) atoms. The van der Waals surface area contributed by atoms with Gasteiger partial charge in [-0.2, -0.15) is 4.98 Å². The lowest BCUT2D eigenvalue weighted by Gasteiger charge is -2.12. The van der Waals surface area contributed by atoms with Crippen LogP contribution in [0.25, 0.3) is 28.7 Å². The quantitative estimate of drug-likeness (QED) is 0.462. The molecule has 0 unspecified atom stereocenters. The number of hydrogen-bond donors (Lipinski definition) is 0. The van der Waals surface area contributed by atoms with Crippen molar-refractivity contribution in [2.24, 2.45) is 0 Å². The first-order valence-electron chi connectivity index (χ1n) is 9.60. The summed E-state index contributed by atoms with van der Waals surface area (Å²) >= 11 is 0. The molecule has 0 radical (unpaired) electrons. The molecule has 0 amide bonds. The maximum absolute atomic E-state index is 5.50. The predicted molar refractivity (Wildman–Crippen MR) is 114 cm³/mol. The van der Waals surface area contributed by atoms with E-state index < -0.39 is 0 Å². The summed E-state index contributed by atoms with van der Waals surface area (Å²) in [5.74, 6) is 2.14. The minimum atomic E-state index is 0.275. The minimum absolute atomic E-state index is 0.275. The van der Waals surface area contributed by atoms with Crippen molar-refractivity contribution >= 4 is 0 Å². The fourth-order valence-corrected chi connectivity index (χ4v) is 3.49. The number of nitrogens with zero attached hydrogens (tertiary/aromatic N) is 5. The molecule has 0 aliphatic carbocycles. The Morgan fingerprint density at radius 3 is 2.06 bits per heavy atom. The molecule has 0 N–H and O–H groups in total. The molecule has 4 aromatic rings. The summed E-state index contributed by atoms with van der Waals surface area (Å²) in [4.78, 5) is 4.51. The Hall–Kier alpha value is -3.88. The molecule has 9 nitrogen and oxygen atoms in total. The van der Waals surface area contributed by atoms with Crippen LogP contribution in [0.1, 0.15) is 16.8 Å². The van der Waals surface area contributed by atoms with Gasteiger partial charge in [-0.1, -0.05) is 16.4 Å². The van der Waals surface area contributed by atoms with Gasteiger partial charge >= 0.3 is 0 Å². The first kappa shape index (κ1) is 20.4. The van der Waals surface area contributed by atoms with Gasteiger partial charge in [0.05, 0.1) is 32.7 Å². The Kier molecular flexibility index (Phi) is 5.33. The number of aryl methyl sites for hydroxylation is 2. The highest BCUT2D eigenvalue weighted by Gasteiger charge is 2.21. The standard InChI is InChI=1S/C22H23N5O4/c1-12-7-13(2)9-16(8-12)27-14(3)19(24-26-27)22-23-21(25-31-22)15-10-17(28-4)20(30-6)18(11-15)29-5/h7-11H,1-6H3. The van der Waals surface area contributed by atoms with Crippen molar-refractivity contribution in [2.75, 3.05) is 21.3 Å². The second-order valence-electron chi connectivity index (χ2n) is 7.12. The van der Waals surface area contributed by atoms with E-state index in [9.17, 15) is 0 Å². The van der Waals surface area contributed by atoms with Crippen molar-refractivity contribution in [1.82, 2.24) is 25.1 Å². The van der Waals surface area contributed by atoms with Gasteiger partial charge in [-0.15, -0.1) is 5.10 Å². The molecule has 0 saturated carbocycles. The van der Waals surface area contributed by atoms with E-state index in [2.05, 4.69) is 26.5 Å². The van der Waals surface area contributed by atoms with Gasteiger partial charge in [0.25, 0.3) is 5.89 Å². The van der Waals surface area contributed by atoms with Gasteiger partial charge in [0.15, 0.2) is 17.2 Å². The van der Waals surface area contributed by atoms with Crippen molar-refractivity contribution in [3.8, 4) is 45.9 Å². The minimum Gasteiger partial charge on any atom is -0.493 e. The van der Waals surface area contributed by atoms with E-state index >= 15 is 0 Å². The predicted octanol–water partition coefficient (Wildman–Crippen LogP) is 3.94. The average molecular weight is 421 g/mol. The Bertz CT molecular complexity index is 1200. The van der Waals surface area contributed by atoms with Crippen LogP contribution in [0.2, 0.25) is 0 Å². The fourth-order valence-electron chi connectivity index (χ4n) is 3.49. The highest BCUT2D eigenvalue weighted by Crippen LogP contribution is 2.40. The first-order chi connectivity index (χ1) is 14.9. The molecule has 0 bridgehead atoms. The van der Waals surface area contributed by atoms with Gasteiger partial charge in [0, 0.05) is 5.56 Å². The molecule has 2 aromatic carbocycles. The summed E-state index contributed by atoms with van der Waals surface area (Å²) in [5.41, 5.74) is 5.19. The zero-order chi connectivity index (χ0) is 22.1. The third kappa shape index (κ3) is 3.70. The molecule has 4 rings (SSSR count). The van der Waals surface area contributed by atoms with E-state index in [0.29, 0.717) is 34.3 Å². The van der Waals surface area contributed by atoms with Crippen molar-refractivity contribution in [3.63, 3.8) is 0 Å². The molecular weight excluding hydrogens is 398 g/mol. The number of rotatable bonds is 6. The van der Waals surface area contributed by atoms with Crippen LogP contribution in [0.3, 0.4) is 0 Å². The van der Waals surface area contributed by atoms with Gasteiger partial charge in [-0.05, 0) is 56.2 Å². The Morgan fingerprint density at radius 2 is 1.48 bits per heavy atom. The number of methoxy groups -OCH3 is 3. The molecule has 0 spiro atoms. The normalized spacial score (nSPS) is 10.9. The summed E-state index contributed by atoms with van der Waals surface area (Å²) in [6.45, 7) is 6.01. The van der Waals surface area contributed by atoms with Crippen molar-refractivity contribution in [2.45, 2.75) is 20.8 Å². The van der Waals surface area contributed by atoms with Gasteiger partial charge in [0.2, 0.25) is 11.6 Å². The zero-order valence-electron chi connectivity index (χ0n) is 18.3. The molecule has 0 saturated heterocycles. The average Bonchev–Trinajstić information content (AvgIpc) is 3.38. The lowest BCUT2D eigenvalue weighted by molar-refractivity contribution is 0.324. The zero-order valence-corrected chi connectivity index (χ0v) is 18.3. The molecule has 2 heterocycles. The molecular formula is C22H23N5O4. The number of benzene rings is 2. The maximum atomic E-state index is 5.50. The monoisotopic (exact) mass is 421 g/mol. The van der Waals surface area contributed by atoms with E-state index in [1.54, 1.807) is 38.1 Å². The lowest BCUT2D eigenvalue weighted by Crippen LogP contribution is -2.00. The molecule has 0 aliphatic heterocycles. The third-order valence-corrected chi connectivity index (χ3v) is 4.90. The summed E-state index contributed by atoms with van der Waals surface area (Å²) in [6.07, 6.45) is 0. The van der Waals surface area contributed by atoms with E-state index in [4.69, 9.17) is 18.7 Å². The van der Waals surface area contributed by atoms with Crippen molar-refractivity contribution in [1.29, 1.82) is 0 Å². The van der Waals surface area contributed by atoms with E-state index in [1.165, 1.54) is 0 Å². The second-order valence-corrected chi connectivity index (χ2v) is 7.12. The van der Waals surface area contributed by atoms with Gasteiger partial charge < -0.3 is 18.7 Å². The Labute approximate surface area is 179 Å². The van der Waals surface area contributed by atoms with Gasteiger partial charge in [0.1, 0.15) is 0 Å². The van der Waals surface area contributed by atoms with Gasteiger partial charge in [-0.3, -0.25) is 0 Å². The summed E-state index contributed by atoms with van der Waals surface area (Å²) in [7, 11) is 4.66. The molecule has 0 atom stereocenters. The SMILES string of the molecule is COc1cc(-c2noc(-c3nnn(-c4cc(C)cc(C)c4)c3C)n2)cc(OC)c1OC. The summed E-state index contributed by atoms with van der Waals surface area (Å²) < 4.78 is 23.4. The number of ether oxygens (including phenoxy) is 3. The van der Waals surface area contributed by atoms with Crippen molar-refractivity contribution < 1.29 is 18.7 Å². The van der Waals surface area contributed by atoms with Crippen LogP contribution in [0, 0.1) is 20.8 Å². The fraction of sp³-hybridized carbons (Fsp3) is 0.273. The molecule has 9 heteroatoms. The van der Waals surface area contributed by atoms with Crippen molar-refractivity contribution in [3.05, 3.63) is 47.2 Å². The largest absolute Gasteiger partial charge is 0.493 e.